The number of nitrogens with zero attached hydrogens (tertiary/aromatic N) is 1. The molecular weight excluding hydrogens is 148 g/mol. The normalized spacial score (nSPS) is 28.2. The number of rotatable bonds is 3. The van der Waals surface area contributed by atoms with E-state index in [-0.39, 0.29) is 0 Å². The molecule has 2 nitrogen and oxygen atoms in total. The highest BCUT2D eigenvalue weighted by Crippen LogP contribution is 2.15. The Morgan fingerprint density at radius 1 is 1.42 bits per heavy atom. The highest BCUT2D eigenvalue weighted by Gasteiger charge is 2.21. The lowest BCUT2D eigenvalue weighted by molar-refractivity contribution is 0.248. The SMILES string of the molecule is CC(C)C(C)CN1CCC(N)C1. The third kappa shape index (κ3) is 2.76. The summed E-state index contributed by atoms with van der Waals surface area (Å²) in [6.45, 7) is 10.5. The Labute approximate surface area is 76.1 Å². The van der Waals surface area contributed by atoms with Crippen LogP contribution in [0.1, 0.15) is 27.2 Å². The van der Waals surface area contributed by atoms with E-state index in [9.17, 15) is 0 Å². The van der Waals surface area contributed by atoms with Gasteiger partial charge in [0.05, 0.1) is 0 Å². The molecule has 1 aliphatic rings. The van der Waals surface area contributed by atoms with E-state index in [2.05, 4.69) is 25.7 Å². The van der Waals surface area contributed by atoms with Crippen LogP contribution in [0.5, 0.6) is 0 Å². The highest BCUT2D eigenvalue weighted by atomic mass is 15.2. The first-order valence-corrected chi connectivity index (χ1v) is 5.07. The Kier molecular flexibility index (Phi) is 3.53. The summed E-state index contributed by atoms with van der Waals surface area (Å²) in [5.74, 6) is 1.59. The zero-order valence-corrected chi connectivity index (χ0v) is 8.59. The fourth-order valence-corrected chi connectivity index (χ4v) is 1.65. The topological polar surface area (TPSA) is 29.3 Å². The van der Waals surface area contributed by atoms with Crippen LogP contribution in [0.4, 0.5) is 0 Å². The van der Waals surface area contributed by atoms with Crippen LogP contribution in [0.15, 0.2) is 0 Å². The van der Waals surface area contributed by atoms with Crippen molar-refractivity contribution >= 4 is 0 Å². The first kappa shape index (κ1) is 10.0. The van der Waals surface area contributed by atoms with Crippen molar-refractivity contribution in [1.82, 2.24) is 4.90 Å². The minimum Gasteiger partial charge on any atom is -0.326 e. The van der Waals surface area contributed by atoms with Gasteiger partial charge in [0.15, 0.2) is 0 Å². The molecule has 2 N–H and O–H groups in total. The number of nitrogens with two attached hydrogens (primary N) is 1. The van der Waals surface area contributed by atoms with Crippen LogP contribution in [-0.2, 0) is 0 Å². The Bertz CT molecular complexity index is 134. The van der Waals surface area contributed by atoms with E-state index in [1.807, 2.05) is 0 Å². The molecule has 1 aliphatic heterocycles. The van der Waals surface area contributed by atoms with Gasteiger partial charge in [-0.15, -0.1) is 0 Å². The maximum atomic E-state index is 5.84. The van der Waals surface area contributed by atoms with Gasteiger partial charge < -0.3 is 10.6 Å². The van der Waals surface area contributed by atoms with E-state index in [0.717, 1.165) is 18.4 Å². The first-order valence-electron chi connectivity index (χ1n) is 5.07. The van der Waals surface area contributed by atoms with Gasteiger partial charge in [-0.25, -0.2) is 0 Å². The Morgan fingerprint density at radius 2 is 2.08 bits per heavy atom. The average Bonchev–Trinajstić information content (AvgIpc) is 2.35. The maximum Gasteiger partial charge on any atom is 0.0180 e. The molecule has 0 aliphatic carbocycles. The summed E-state index contributed by atoms with van der Waals surface area (Å²) in [6.07, 6.45) is 1.19. The van der Waals surface area contributed by atoms with Crippen molar-refractivity contribution in [3.63, 3.8) is 0 Å². The van der Waals surface area contributed by atoms with E-state index in [4.69, 9.17) is 5.73 Å². The van der Waals surface area contributed by atoms with Crippen molar-refractivity contribution in [2.75, 3.05) is 19.6 Å². The van der Waals surface area contributed by atoms with Crippen molar-refractivity contribution in [2.24, 2.45) is 17.6 Å². The van der Waals surface area contributed by atoms with Gasteiger partial charge in [0, 0.05) is 19.1 Å². The lowest BCUT2D eigenvalue weighted by atomic mass is 9.98. The smallest absolute Gasteiger partial charge is 0.0180 e. The number of hydrogen-bond donors (Lipinski definition) is 1. The highest BCUT2D eigenvalue weighted by molar-refractivity contribution is 4.79. The van der Waals surface area contributed by atoms with Gasteiger partial charge in [-0.05, 0) is 24.8 Å². The summed E-state index contributed by atoms with van der Waals surface area (Å²) in [5, 5.41) is 0. The van der Waals surface area contributed by atoms with Crippen LogP contribution in [0.3, 0.4) is 0 Å². The first-order chi connectivity index (χ1) is 5.59. The molecular formula is C10H22N2. The van der Waals surface area contributed by atoms with Gasteiger partial charge in [-0.2, -0.15) is 0 Å². The van der Waals surface area contributed by atoms with Crippen LogP contribution in [0.25, 0.3) is 0 Å². The average molecular weight is 170 g/mol. The Hall–Kier alpha value is -0.0800. The van der Waals surface area contributed by atoms with Gasteiger partial charge >= 0.3 is 0 Å². The van der Waals surface area contributed by atoms with E-state index < -0.39 is 0 Å². The quantitative estimate of drug-likeness (QED) is 0.692. The second-order valence-electron chi connectivity index (χ2n) is 4.53. The molecule has 72 valence electrons. The Morgan fingerprint density at radius 3 is 2.50 bits per heavy atom. The second-order valence-corrected chi connectivity index (χ2v) is 4.53. The van der Waals surface area contributed by atoms with Crippen molar-refractivity contribution < 1.29 is 0 Å². The number of hydrogen-bond acceptors (Lipinski definition) is 2. The third-order valence-electron chi connectivity index (χ3n) is 2.99. The molecule has 1 saturated heterocycles. The van der Waals surface area contributed by atoms with Crippen molar-refractivity contribution in [1.29, 1.82) is 0 Å². The van der Waals surface area contributed by atoms with Crippen LogP contribution >= 0.6 is 0 Å². The lowest BCUT2D eigenvalue weighted by Gasteiger charge is -2.22. The lowest BCUT2D eigenvalue weighted by Crippen LogP contribution is -2.31. The van der Waals surface area contributed by atoms with Gasteiger partial charge in [0.2, 0.25) is 0 Å². The minimum atomic E-state index is 0.435. The monoisotopic (exact) mass is 170 g/mol. The predicted molar refractivity (Wildman–Crippen MR) is 53.0 cm³/mol. The van der Waals surface area contributed by atoms with E-state index in [1.54, 1.807) is 0 Å². The van der Waals surface area contributed by atoms with Crippen molar-refractivity contribution in [3.8, 4) is 0 Å². The molecule has 1 rings (SSSR count). The third-order valence-corrected chi connectivity index (χ3v) is 2.99. The molecule has 12 heavy (non-hydrogen) atoms. The standard InChI is InChI=1S/C10H22N2/c1-8(2)9(3)6-12-5-4-10(11)7-12/h8-10H,4-7,11H2,1-3H3. The summed E-state index contributed by atoms with van der Waals surface area (Å²) in [5.41, 5.74) is 5.84. The van der Waals surface area contributed by atoms with Crippen molar-refractivity contribution in [3.05, 3.63) is 0 Å². The fraction of sp³-hybridized carbons (Fsp3) is 1.00. The number of likely N-dealkylation sites (tertiary alicyclic amines) is 1. The van der Waals surface area contributed by atoms with Gasteiger partial charge in [0.25, 0.3) is 0 Å². The molecule has 0 radical (unpaired) electrons. The summed E-state index contributed by atoms with van der Waals surface area (Å²) in [7, 11) is 0. The largest absolute Gasteiger partial charge is 0.326 e. The molecule has 0 aromatic heterocycles. The van der Waals surface area contributed by atoms with Gasteiger partial charge in [0.1, 0.15) is 0 Å². The molecule has 2 unspecified atom stereocenters. The van der Waals surface area contributed by atoms with Crippen molar-refractivity contribution in [2.45, 2.75) is 33.2 Å². The second kappa shape index (κ2) is 4.24. The summed E-state index contributed by atoms with van der Waals surface area (Å²) in [6, 6.07) is 0.435. The van der Waals surface area contributed by atoms with E-state index >= 15 is 0 Å². The van der Waals surface area contributed by atoms with E-state index in [1.165, 1.54) is 19.5 Å². The molecule has 2 heteroatoms. The van der Waals surface area contributed by atoms with Crippen LogP contribution in [0.2, 0.25) is 0 Å². The van der Waals surface area contributed by atoms with Crippen LogP contribution in [0, 0.1) is 11.8 Å². The Balaban J connectivity index is 2.23. The molecule has 0 spiro atoms. The molecule has 0 amide bonds. The molecule has 1 heterocycles. The molecule has 2 atom stereocenters. The molecule has 0 aromatic rings. The van der Waals surface area contributed by atoms with Crippen LogP contribution in [-0.4, -0.2) is 30.6 Å². The predicted octanol–water partition coefficient (Wildman–Crippen LogP) is 1.31. The van der Waals surface area contributed by atoms with Crippen LogP contribution < -0.4 is 5.73 Å². The fourth-order valence-electron chi connectivity index (χ4n) is 1.65. The molecule has 1 fully saturated rings. The van der Waals surface area contributed by atoms with Gasteiger partial charge in [-0.1, -0.05) is 20.8 Å². The minimum absolute atomic E-state index is 0.435. The molecule has 0 bridgehead atoms. The summed E-state index contributed by atoms with van der Waals surface area (Å²) < 4.78 is 0. The molecule has 0 aromatic carbocycles. The summed E-state index contributed by atoms with van der Waals surface area (Å²) >= 11 is 0. The molecule has 0 saturated carbocycles. The summed E-state index contributed by atoms with van der Waals surface area (Å²) in [4.78, 5) is 2.50. The van der Waals surface area contributed by atoms with E-state index in [0.29, 0.717) is 6.04 Å². The van der Waals surface area contributed by atoms with Gasteiger partial charge in [-0.3, -0.25) is 0 Å². The maximum absolute atomic E-state index is 5.84. The zero-order valence-electron chi connectivity index (χ0n) is 8.59. The zero-order chi connectivity index (χ0) is 9.14.